The van der Waals surface area contributed by atoms with E-state index >= 15 is 0 Å². The number of nitrogens with zero attached hydrogens (tertiary/aromatic N) is 1. The molecule has 0 saturated carbocycles. The number of ketones is 1. The summed E-state index contributed by atoms with van der Waals surface area (Å²) in [7, 11) is 6.36. The molecular formula is C27H38INO4. The van der Waals surface area contributed by atoms with Gasteiger partial charge in [-0.1, -0.05) is 49.9 Å². The summed E-state index contributed by atoms with van der Waals surface area (Å²) in [5, 5.41) is 0. The average Bonchev–Trinajstić information content (AvgIpc) is 2.75. The molecule has 0 aliphatic rings. The first-order chi connectivity index (χ1) is 15.3. The van der Waals surface area contributed by atoms with Crippen LogP contribution in [0.25, 0.3) is 0 Å². The van der Waals surface area contributed by atoms with Crippen molar-refractivity contribution < 1.29 is 43.0 Å². The Bertz CT molecular complexity index is 859. The van der Waals surface area contributed by atoms with E-state index in [0.717, 1.165) is 54.3 Å². The van der Waals surface area contributed by atoms with Crippen LogP contribution in [0, 0.1) is 0 Å². The van der Waals surface area contributed by atoms with Crippen LogP contribution in [-0.2, 0) is 16.0 Å². The van der Waals surface area contributed by atoms with Crippen molar-refractivity contribution >= 4 is 17.4 Å². The minimum absolute atomic E-state index is 0. The SMILES string of the molecule is CC(=O)c1cccc(OCCCCCCCCOC(=O)Cc2ccc([N+](C)(C)C)cc2)c1.[I-]. The van der Waals surface area contributed by atoms with Gasteiger partial charge in [0.15, 0.2) is 5.78 Å². The number of Topliss-reactive ketones (excluding diaryl/α,β-unsaturated/α-hetero) is 1. The summed E-state index contributed by atoms with van der Waals surface area (Å²) >= 11 is 0. The van der Waals surface area contributed by atoms with Crippen LogP contribution in [-0.4, -0.2) is 46.1 Å². The molecule has 0 spiro atoms. The third-order valence-corrected chi connectivity index (χ3v) is 5.37. The maximum atomic E-state index is 12.0. The Morgan fingerprint density at radius 3 is 2.03 bits per heavy atom. The molecule has 2 aromatic carbocycles. The third kappa shape index (κ3) is 11.7. The number of quaternary nitrogens is 1. The van der Waals surface area contributed by atoms with Crippen molar-refractivity contribution in [3.8, 4) is 5.75 Å². The third-order valence-electron chi connectivity index (χ3n) is 5.37. The van der Waals surface area contributed by atoms with E-state index in [2.05, 4.69) is 33.3 Å². The summed E-state index contributed by atoms with van der Waals surface area (Å²) < 4.78 is 11.9. The zero-order valence-electron chi connectivity index (χ0n) is 20.4. The molecule has 0 bridgehead atoms. The molecule has 6 heteroatoms. The fraction of sp³-hybridized carbons (Fsp3) is 0.481. The first-order valence-corrected chi connectivity index (χ1v) is 11.6. The highest BCUT2D eigenvalue weighted by Crippen LogP contribution is 2.18. The molecule has 0 N–H and O–H groups in total. The van der Waals surface area contributed by atoms with Crippen molar-refractivity contribution in [3.63, 3.8) is 0 Å². The van der Waals surface area contributed by atoms with E-state index in [4.69, 9.17) is 9.47 Å². The van der Waals surface area contributed by atoms with Crippen LogP contribution >= 0.6 is 0 Å². The molecule has 0 unspecified atom stereocenters. The van der Waals surface area contributed by atoms with Crippen molar-refractivity contribution in [1.29, 1.82) is 0 Å². The first-order valence-electron chi connectivity index (χ1n) is 11.6. The van der Waals surface area contributed by atoms with Gasteiger partial charge in [0.2, 0.25) is 0 Å². The lowest BCUT2D eigenvalue weighted by molar-refractivity contribution is -0.142. The summed E-state index contributed by atoms with van der Waals surface area (Å²) in [6, 6.07) is 15.5. The van der Waals surface area contributed by atoms with E-state index in [0.29, 0.717) is 25.2 Å². The molecule has 0 amide bonds. The van der Waals surface area contributed by atoms with Crippen LogP contribution in [0.15, 0.2) is 48.5 Å². The number of esters is 1. The molecule has 0 saturated heterocycles. The lowest BCUT2D eigenvalue weighted by atomic mass is 10.1. The normalized spacial score (nSPS) is 10.9. The second-order valence-corrected chi connectivity index (χ2v) is 9.13. The van der Waals surface area contributed by atoms with Gasteiger partial charge in [0.1, 0.15) is 11.4 Å². The highest BCUT2D eigenvalue weighted by Gasteiger charge is 2.12. The summed E-state index contributed by atoms with van der Waals surface area (Å²) in [6.07, 6.45) is 6.66. The predicted molar refractivity (Wildman–Crippen MR) is 130 cm³/mol. The maximum Gasteiger partial charge on any atom is 0.310 e. The zero-order chi connectivity index (χ0) is 23.4. The number of carbonyl (C=O) groups excluding carboxylic acids is 2. The molecule has 2 aromatic rings. The average molecular weight is 568 g/mol. The lowest BCUT2D eigenvalue weighted by Crippen LogP contribution is -3.00. The molecule has 0 radical (unpaired) electrons. The van der Waals surface area contributed by atoms with Gasteiger partial charge in [-0.2, -0.15) is 0 Å². The van der Waals surface area contributed by atoms with E-state index < -0.39 is 0 Å². The largest absolute Gasteiger partial charge is 1.00 e. The second kappa shape index (κ2) is 15.1. The van der Waals surface area contributed by atoms with Crippen LogP contribution in [0.1, 0.15) is 61.4 Å². The number of rotatable bonds is 14. The highest BCUT2D eigenvalue weighted by molar-refractivity contribution is 5.94. The smallest absolute Gasteiger partial charge is 0.310 e. The minimum atomic E-state index is -0.158. The van der Waals surface area contributed by atoms with Gasteiger partial charge in [0, 0.05) is 5.56 Å². The fourth-order valence-corrected chi connectivity index (χ4v) is 3.37. The van der Waals surface area contributed by atoms with Gasteiger partial charge in [0.25, 0.3) is 0 Å². The number of ether oxygens (including phenoxy) is 2. The molecule has 0 atom stereocenters. The first kappa shape index (κ1) is 29.1. The Morgan fingerprint density at radius 1 is 0.818 bits per heavy atom. The van der Waals surface area contributed by atoms with Gasteiger partial charge in [0.05, 0.1) is 40.8 Å². The van der Waals surface area contributed by atoms with Crippen LogP contribution in [0.5, 0.6) is 5.75 Å². The summed E-state index contributed by atoms with van der Waals surface area (Å²) in [6.45, 7) is 2.71. The van der Waals surface area contributed by atoms with E-state index in [9.17, 15) is 9.59 Å². The lowest BCUT2D eigenvalue weighted by Gasteiger charge is -2.23. The Labute approximate surface area is 216 Å². The monoisotopic (exact) mass is 567 g/mol. The minimum Gasteiger partial charge on any atom is -1.00 e. The number of benzene rings is 2. The van der Waals surface area contributed by atoms with Gasteiger partial charge >= 0.3 is 5.97 Å². The molecule has 0 aliphatic heterocycles. The van der Waals surface area contributed by atoms with Crippen LogP contribution in [0.2, 0.25) is 0 Å². The quantitative estimate of drug-likeness (QED) is 0.116. The number of hydrogen-bond donors (Lipinski definition) is 0. The number of carbonyl (C=O) groups is 2. The molecule has 182 valence electrons. The maximum absolute atomic E-state index is 12.0. The van der Waals surface area contributed by atoms with Crippen molar-refractivity contribution in [2.75, 3.05) is 34.4 Å². The van der Waals surface area contributed by atoms with Crippen molar-refractivity contribution in [1.82, 2.24) is 4.48 Å². The van der Waals surface area contributed by atoms with Gasteiger partial charge < -0.3 is 33.5 Å². The molecule has 0 fully saturated rings. The summed E-state index contributed by atoms with van der Waals surface area (Å²) in [5.74, 6) is 0.646. The van der Waals surface area contributed by atoms with Gasteiger partial charge in [-0.15, -0.1) is 0 Å². The van der Waals surface area contributed by atoms with Crippen molar-refractivity contribution in [2.24, 2.45) is 0 Å². The second-order valence-electron chi connectivity index (χ2n) is 9.13. The summed E-state index contributed by atoms with van der Waals surface area (Å²) in [5.41, 5.74) is 2.87. The van der Waals surface area contributed by atoms with E-state index in [1.54, 1.807) is 19.1 Å². The molecule has 33 heavy (non-hydrogen) atoms. The van der Waals surface area contributed by atoms with Gasteiger partial charge in [-0.05, 0) is 49.6 Å². The topological polar surface area (TPSA) is 52.6 Å². The Kier molecular flexibility index (Phi) is 13.3. The Hall–Kier alpha value is -1.93. The van der Waals surface area contributed by atoms with Crippen LogP contribution in [0.4, 0.5) is 5.69 Å². The summed E-state index contributed by atoms with van der Waals surface area (Å²) in [4.78, 5) is 23.4. The molecule has 5 nitrogen and oxygen atoms in total. The molecule has 0 heterocycles. The molecule has 0 aromatic heterocycles. The number of hydrogen-bond acceptors (Lipinski definition) is 4. The highest BCUT2D eigenvalue weighted by atomic mass is 127. The van der Waals surface area contributed by atoms with Crippen molar-refractivity contribution in [2.45, 2.75) is 51.9 Å². The van der Waals surface area contributed by atoms with E-state index in [-0.39, 0.29) is 35.7 Å². The predicted octanol–water partition coefficient (Wildman–Crippen LogP) is 2.60. The van der Waals surface area contributed by atoms with Crippen LogP contribution in [0.3, 0.4) is 0 Å². The van der Waals surface area contributed by atoms with E-state index in [1.807, 2.05) is 24.3 Å². The van der Waals surface area contributed by atoms with Crippen molar-refractivity contribution in [3.05, 3.63) is 59.7 Å². The number of halogens is 1. The Morgan fingerprint density at radius 2 is 1.42 bits per heavy atom. The van der Waals surface area contributed by atoms with Crippen LogP contribution < -0.4 is 33.2 Å². The Balaban J connectivity index is 0.00000544. The van der Waals surface area contributed by atoms with Gasteiger partial charge in [-0.25, -0.2) is 0 Å². The zero-order valence-corrected chi connectivity index (χ0v) is 22.6. The molecule has 2 rings (SSSR count). The van der Waals surface area contributed by atoms with E-state index in [1.165, 1.54) is 5.69 Å². The van der Waals surface area contributed by atoms with Gasteiger partial charge in [-0.3, -0.25) is 14.1 Å². The fourth-order valence-electron chi connectivity index (χ4n) is 3.37. The molecule has 0 aliphatic carbocycles. The molecular weight excluding hydrogens is 529 g/mol. The standard InChI is InChI=1S/C27H38NO4.HI/c1-22(29)24-12-11-13-26(21-24)31-18-9-7-5-6-8-10-19-32-27(30)20-23-14-16-25(17-15-23)28(2,3)4;/h11-17,21H,5-10,18-20H2,1-4H3;1H/q+1;/p-1. The number of unbranched alkanes of at least 4 members (excludes halogenated alkanes) is 5.